The van der Waals surface area contributed by atoms with Gasteiger partial charge < -0.3 is 20.4 Å². The Kier molecular flexibility index (Phi) is 10.3. The molecule has 0 radical (unpaired) electrons. The predicted octanol–water partition coefficient (Wildman–Crippen LogP) is 3.23. The van der Waals surface area contributed by atoms with Gasteiger partial charge in [0.15, 0.2) is 5.96 Å². The van der Waals surface area contributed by atoms with Crippen LogP contribution in [-0.2, 0) is 6.54 Å². The number of nitrogens with zero attached hydrogens (tertiary/aromatic N) is 4. The normalized spacial score (nSPS) is 19.2. The first-order valence-electron chi connectivity index (χ1n) is 10.8. The molecule has 2 fully saturated rings. The molecule has 7 heteroatoms. The monoisotopic (exact) mass is 500 g/mol. The molecule has 0 aromatic carbocycles. The maximum Gasteiger partial charge on any atom is 0.191 e. The fourth-order valence-electron chi connectivity index (χ4n) is 3.96. The average Bonchev–Trinajstić information content (AvgIpc) is 2.73. The highest BCUT2D eigenvalue weighted by Gasteiger charge is 2.17. The van der Waals surface area contributed by atoms with E-state index in [1.807, 2.05) is 6.20 Å². The Morgan fingerprint density at radius 3 is 2.57 bits per heavy atom. The summed E-state index contributed by atoms with van der Waals surface area (Å²) in [6.45, 7) is 11.4. The molecular formula is C21H37IN6. The molecule has 1 aliphatic carbocycles. The second kappa shape index (κ2) is 12.5. The Bertz CT molecular complexity index is 594. The third-order valence-electron chi connectivity index (χ3n) is 5.66. The summed E-state index contributed by atoms with van der Waals surface area (Å²) in [6.07, 6.45) is 8.47. The molecule has 2 N–H and O–H groups in total. The van der Waals surface area contributed by atoms with Gasteiger partial charge in [-0.1, -0.05) is 26.2 Å². The molecule has 3 rings (SSSR count). The zero-order chi connectivity index (χ0) is 18.9. The van der Waals surface area contributed by atoms with E-state index in [0.29, 0.717) is 12.6 Å². The van der Waals surface area contributed by atoms with E-state index in [4.69, 9.17) is 4.99 Å². The number of aromatic nitrogens is 1. The van der Waals surface area contributed by atoms with Gasteiger partial charge in [-0.15, -0.1) is 24.0 Å². The van der Waals surface area contributed by atoms with Gasteiger partial charge in [-0.05, 0) is 44.0 Å². The first-order chi connectivity index (χ1) is 13.3. The Morgan fingerprint density at radius 2 is 1.89 bits per heavy atom. The van der Waals surface area contributed by atoms with E-state index in [0.717, 1.165) is 51.0 Å². The highest BCUT2D eigenvalue weighted by atomic mass is 127. The molecule has 0 spiro atoms. The number of rotatable bonds is 6. The van der Waals surface area contributed by atoms with Crippen LogP contribution in [0.2, 0.25) is 0 Å². The minimum absolute atomic E-state index is 0. The summed E-state index contributed by atoms with van der Waals surface area (Å²) in [5, 5.41) is 7.02. The minimum Gasteiger partial charge on any atom is -0.357 e. The largest absolute Gasteiger partial charge is 0.357 e. The maximum atomic E-state index is 4.83. The number of piperazine rings is 1. The van der Waals surface area contributed by atoms with Crippen molar-refractivity contribution in [2.75, 3.05) is 44.2 Å². The standard InChI is InChI=1S/C21H36N6.HI/c1-3-22-21(25-19-8-6-5-7-9-19)24-17-18-10-11-23-20(16-18)27-14-12-26(4-2)13-15-27;/h10-11,16,19H,3-9,12-15,17H2,1-2H3,(H2,22,24,25);1H. The van der Waals surface area contributed by atoms with Gasteiger partial charge >= 0.3 is 0 Å². The van der Waals surface area contributed by atoms with Gasteiger partial charge in [0, 0.05) is 45.0 Å². The summed E-state index contributed by atoms with van der Waals surface area (Å²) in [5.41, 5.74) is 1.22. The van der Waals surface area contributed by atoms with Gasteiger partial charge in [0.1, 0.15) is 5.82 Å². The van der Waals surface area contributed by atoms with Crippen molar-refractivity contribution in [2.45, 2.75) is 58.5 Å². The van der Waals surface area contributed by atoms with Gasteiger partial charge in [-0.25, -0.2) is 9.98 Å². The number of nitrogens with one attached hydrogen (secondary N) is 2. The molecule has 158 valence electrons. The second-order valence-electron chi connectivity index (χ2n) is 7.62. The van der Waals surface area contributed by atoms with Gasteiger partial charge in [0.2, 0.25) is 0 Å². The Balaban J connectivity index is 0.00000280. The zero-order valence-electron chi connectivity index (χ0n) is 17.5. The number of halogens is 1. The van der Waals surface area contributed by atoms with Crippen molar-refractivity contribution in [1.29, 1.82) is 0 Å². The van der Waals surface area contributed by atoms with Crippen LogP contribution in [-0.4, -0.2) is 61.2 Å². The number of hydrogen-bond acceptors (Lipinski definition) is 4. The molecule has 6 nitrogen and oxygen atoms in total. The van der Waals surface area contributed by atoms with Gasteiger partial charge in [0.25, 0.3) is 0 Å². The maximum absolute atomic E-state index is 4.83. The molecule has 1 saturated carbocycles. The number of pyridine rings is 1. The van der Waals surface area contributed by atoms with Crippen molar-refractivity contribution in [2.24, 2.45) is 4.99 Å². The van der Waals surface area contributed by atoms with E-state index in [1.54, 1.807) is 0 Å². The number of aliphatic imine (C=N–C) groups is 1. The molecule has 1 aromatic rings. The minimum atomic E-state index is 0. The van der Waals surface area contributed by atoms with Crippen LogP contribution in [0.3, 0.4) is 0 Å². The molecule has 28 heavy (non-hydrogen) atoms. The Morgan fingerprint density at radius 1 is 1.14 bits per heavy atom. The lowest BCUT2D eigenvalue weighted by molar-refractivity contribution is 0.270. The van der Waals surface area contributed by atoms with Crippen molar-refractivity contribution in [3.05, 3.63) is 23.9 Å². The van der Waals surface area contributed by atoms with Crippen LogP contribution in [0.1, 0.15) is 51.5 Å². The van der Waals surface area contributed by atoms with E-state index >= 15 is 0 Å². The lowest BCUT2D eigenvalue weighted by Crippen LogP contribution is -2.46. The van der Waals surface area contributed by atoms with Gasteiger partial charge in [-0.2, -0.15) is 0 Å². The van der Waals surface area contributed by atoms with Gasteiger partial charge in [-0.3, -0.25) is 0 Å². The summed E-state index contributed by atoms with van der Waals surface area (Å²) < 4.78 is 0. The van der Waals surface area contributed by atoms with Crippen LogP contribution in [0, 0.1) is 0 Å². The van der Waals surface area contributed by atoms with Crippen molar-refractivity contribution < 1.29 is 0 Å². The fraction of sp³-hybridized carbons (Fsp3) is 0.714. The summed E-state index contributed by atoms with van der Waals surface area (Å²) in [5.74, 6) is 2.03. The number of anilines is 1. The van der Waals surface area contributed by atoms with Crippen molar-refractivity contribution in [1.82, 2.24) is 20.5 Å². The average molecular weight is 500 g/mol. The molecule has 2 aliphatic rings. The van der Waals surface area contributed by atoms with Crippen LogP contribution in [0.5, 0.6) is 0 Å². The summed E-state index contributed by atoms with van der Waals surface area (Å²) >= 11 is 0. The Labute approximate surface area is 187 Å². The first-order valence-corrected chi connectivity index (χ1v) is 10.8. The molecule has 0 unspecified atom stereocenters. The zero-order valence-corrected chi connectivity index (χ0v) is 19.8. The summed E-state index contributed by atoms with van der Waals surface area (Å²) in [7, 11) is 0. The van der Waals surface area contributed by atoms with Crippen molar-refractivity contribution in [3.63, 3.8) is 0 Å². The molecular weight excluding hydrogens is 463 g/mol. The highest BCUT2D eigenvalue weighted by molar-refractivity contribution is 14.0. The fourth-order valence-corrected chi connectivity index (χ4v) is 3.96. The quantitative estimate of drug-likeness (QED) is 0.357. The smallest absolute Gasteiger partial charge is 0.191 e. The molecule has 0 bridgehead atoms. The van der Waals surface area contributed by atoms with E-state index in [2.05, 4.69) is 51.4 Å². The summed E-state index contributed by atoms with van der Waals surface area (Å²) in [6, 6.07) is 4.86. The number of likely N-dealkylation sites (N-methyl/N-ethyl adjacent to an activating group) is 1. The number of hydrogen-bond donors (Lipinski definition) is 2. The van der Waals surface area contributed by atoms with Crippen LogP contribution in [0.25, 0.3) is 0 Å². The lowest BCUT2D eigenvalue weighted by Gasteiger charge is -2.34. The van der Waals surface area contributed by atoms with Crippen LogP contribution >= 0.6 is 24.0 Å². The topological polar surface area (TPSA) is 55.8 Å². The summed E-state index contributed by atoms with van der Waals surface area (Å²) in [4.78, 5) is 14.3. The van der Waals surface area contributed by atoms with E-state index in [9.17, 15) is 0 Å². The van der Waals surface area contributed by atoms with Crippen molar-refractivity contribution >= 4 is 35.8 Å². The third kappa shape index (κ3) is 7.06. The van der Waals surface area contributed by atoms with Crippen LogP contribution in [0.15, 0.2) is 23.3 Å². The Hall–Kier alpha value is -1.09. The lowest BCUT2D eigenvalue weighted by atomic mass is 9.96. The van der Waals surface area contributed by atoms with E-state index in [-0.39, 0.29) is 24.0 Å². The molecule has 0 atom stereocenters. The third-order valence-corrected chi connectivity index (χ3v) is 5.66. The van der Waals surface area contributed by atoms with Crippen LogP contribution < -0.4 is 15.5 Å². The molecule has 1 saturated heterocycles. The van der Waals surface area contributed by atoms with Crippen molar-refractivity contribution in [3.8, 4) is 0 Å². The second-order valence-corrected chi connectivity index (χ2v) is 7.62. The molecule has 1 aromatic heterocycles. The highest BCUT2D eigenvalue weighted by Crippen LogP contribution is 2.18. The number of guanidine groups is 1. The van der Waals surface area contributed by atoms with Crippen LogP contribution in [0.4, 0.5) is 5.82 Å². The SMILES string of the molecule is CCNC(=NCc1ccnc(N2CCN(CC)CC2)c1)NC1CCCCC1.I. The van der Waals surface area contributed by atoms with E-state index < -0.39 is 0 Å². The molecule has 0 amide bonds. The van der Waals surface area contributed by atoms with Gasteiger partial charge in [0.05, 0.1) is 6.54 Å². The predicted molar refractivity (Wildman–Crippen MR) is 129 cm³/mol. The first kappa shape index (κ1) is 23.2. The molecule has 1 aliphatic heterocycles. The molecule has 2 heterocycles. The van der Waals surface area contributed by atoms with E-state index in [1.165, 1.54) is 37.7 Å².